The Hall–Kier alpha value is -5.53. The lowest BCUT2D eigenvalue weighted by Gasteiger charge is -2.51. The Morgan fingerprint density at radius 1 is 0.845 bits per heavy atom. The first-order chi connectivity index (χ1) is 27.8. The molecule has 0 radical (unpaired) electrons. The Labute approximate surface area is 339 Å². The number of hydrogen-bond donors (Lipinski definition) is 4. The van der Waals surface area contributed by atoms with Crippen LogP contribution < -0.4 is 16.0 Å². The number of nitrogens with one attached hydrogen (secondary N) is 4. The Kier molecular flexibility index (Phi) is 8.24. The van der Waals surface area contributed by atoms with Crippen molar-refractivity contribution in [1.82, 2.24) is 40.4 Å². The number of aromatic nitrogens is 4. The molecule has 4 aliphatic heterocycles. The fourth-order valence-electron chi connectivity index (χ4n) is 9.97. The maximum Gasteiger partial charge on any atom is 0.410 e. The van der Waals surface area contributed by atoms with Gasteiger partial charge in [-0.25, -0.2) is 14.2 Å². The number of hydrogen-bond acceptors (Lipinski definition) is 7. The number of rotatable bonds is 1. The van der Waals surface area contributed by atoms with E-state index in [4.69, 9.17) is 16.3 Å². The van der Waals surface area contributed by atoms with E-state index >= 15 is 0 Å². The summed E-state index contributed by atoms with van der Waals surface area (Å²) in [5.74, 6) is -0.301. The van der Waals surface area contributed by atoms with E-state index in [1.807, 2.05) is 51.4 Å². The summed E-state index contributed by atoms with van der Waals surface area (Å²) in [5, 5.41) is 9.95. The average molecular weight is 803 g/mol. The smallest absolute Gasteiger partial charge is 0.410 e. The van der Waals surface area contributed by atoms with Crippen LogP contribution in [0, 0.1) is 5.82 Å². The lowest BCUT2D eigenvalue weighted by Crippen LogP contribution is -2.67. The van der Waals surface area contributed by atoms with Gasteiger partial charge < -0.3 is 35.1 Å². The average Bonchev–Trinajstić information content (AvgIpc) is 3.71. The van der Waals surface area contributed by atoms with Gasteiger partial charge in [0.1, 0.15) is 16.6 Å². The number of ether oxygens (including phenoxy) is 1. The molecule has 0 saturated carbocycles. The molecule has 0 bridgehead atoms. The third kappa shape index (κ3) is 5.60. The van der Waals surface area contributed by atoms with Crippen molar-refractivity contribution in [3.63, 3.8) is 0 Å². The zero-order valence-electron chi connectivity index (χ0n) is 32.9. The van der Waals surface area contributed by atoms with Crippen LogP contribution in [0.15, 0.2) is 48.8 Å². The van der Waals surface area contributed by atoms with E-state index in [2.05, 4.69) is 42.5 Å². The minimum atomic E-state index is -0.533. The number of carbonyl (C=O) groups is 3. The molecule has 4 N–H and O–H groups in total. The number of halogens is 2. The Morgan fingerprint density at radius 2 is 1.52 bits per heavy atom. The van der Waals surface area contributed by atoms with Gasteiger partial charge in [0.05, 0.1) is 39.0 Å². The molecule has 58 heavy (non-hydrogen) atoms. The minimum absolute atomic E-state index is 0.0289. The number of aromatic amines is 1. The maximum atomic E-state index is 14.4. The summed E-state index contributed by atoms with van der Waals surface area (Å²) in [6.45, 7) is 9.52. The van der Waals surface area contributed by atoms with Crippen molar-refractivity contribution in [3.05, 3.63) is 105 Å². The van der Waals surface area contributed by atoms with Gasteiger partial charge in [-0.3, -0.25) is 14.6 Å². The number of nitrogens with zero attached hydrogens (tertiary/aromatic N) is 4. The molecule has 14 heteroatoms. The number of aryl methyl sites for hydroxylation is 2. The zero-order valence-corrected chi connectivity index (χ0v) is 33.6. The van der Waals surface area contributed by atoms with Gasteiger partial charge in [-0.05, 0) is 93.0 Å². The Balaban J connectivity index is 0.000000141. The zero-order chi connectivity index (χ0) is 40.3. The first kappa shape index (κ1) is 36.8. The summed E-state index contributed by atoms with van der Waals surface area (Å²) in [5.41, 5.74) is 12.4. The quantitative estimate of drug-likeness (QED) is 0.161. The molecule has 12 nitrogen and oxygen atoms in total. The molecular weight excluding hydrogens is 759 g/mol. The minimum Gasteiger partial charge on any atom is -0.444 e. The molecule has 1 aromatic carbocycles. The van der Waals surface area contributed by atoms with Gasteiger partial charge in [0, 0.05) is 86.8 Å². The molecule has 4 aromatic heterocycles. The third-order valence-corrected chi connectivity index (χ3v) is 12.9. The molecule has 11 rings (SSSR count). The van der Waals surface area contributed by atoms with Crippen LogP contribution in [0.4, 0.5) is 9.18 Å². The molecule has 2 aliphatic carbocycles. The summed E-state index contributed by atoms with van der Waals surface area (Å²) >= 11 is 6.14. The highest BCUT2D eigenvalue weighted by Gasteiger charge is 2.54. The van der Waals surface area contributed by atoms with Gasteiger partial charge >= 0.3 is 6.09 Å². The monoisotopic (exact) mass is 802 g/mol. The van der Waals surface area contributed by atoms with Crippen LogP contribution >= 0.6 is 11.6 Å². The highest BCUT2D eigenvalue weighted by molar-refractivity contribution is 6.29. The highest BCUT2D eigenvalue weighted by atomic mass is 35.5. The van der Waals surface area contributed by atoms with Crippen LogP contribution in [0.5, 0.6) is 0 Å². The molecule has 2 fully saturated rings. The summed E-state index contributed by atoms with van der Waals surface area (Å²) < 4.78 is 22.1. The number of fused-ring (bicyclic) bond motifs is 12. The van der Waals surface area contributed by atoms with Crippen LogP contribution in [0.3, 0.4) is 0 Å². The lowest BCUT2D eigenvalue weighted by molar-refractivity contribution is -0.0113. The molecule has 2 saturated heterocycles. The van der Waals surface area contributed by atoms with Crippen LogP contribution in [0.1, 0.15) is 75.1 Å². The van der Waals surface area contributed by atoms with Gasteiger partial charge in [-0.2, -0.15) is 0 Å². The van der Waals surface area contributed by atoms with E-state index in [-0.39, 0.29) is 34.6 Å². The van der Waals surface area contributed by atoms with E-state index in [0.29, 0.717) is 42.6 Å². The summed E-state index contributed by atoms with van der Waals surface area (Å²) in [6, 6.07) is 10.6. The van der Waals surface area contributed by atoms with Crippen molar-refractivity contribution >= 4 is 29.5 Å². The van der Waals surface area contributed by atoms with Crippen molar-refractivity contribution in [2.75, 3.05) is 39.3 Å². The number of pyridine rings is 2. The molecule has 298 valence electrons. The SMILES string of the molecule is CC(C)(C)OC(=O)N1CC2(CNC(=O)c3c2[nH]c2c3CCc3cnc(Cl)cc3-2)C1.Cn1c2c(c3c1C1(CNC1)CNC3=O)CCc1cnc(-c3ccccc3F)cc1-2. The van der Waals surface area contributed by atoms with Gasteiger partial charge in [-0.1, -0.05) is 23.7 Å². The molecule has 6 aliphatic rings. The van der Waals surface area contributed by atoms with Crippen molar-refractivity contribution in [2.45, 2.75) is 62.9 Å². The van der Waals surface area contributed by atoms with E-state index in [0.717, 1.165) is 106 Å². The summed E-state index contributed by atoms with van der Waals surface area (Å²) in [4.78, 5) is 52.0. The van der Waals surface area contributed by atoms with Crippen molar-refractivity contribution in [1.29, 1.82) is 0 Å². The van der Waals surface area contributed by atoms with E-state index < -0.39 is 5.60 Å². The predicted molar refractivity (Wildman–Crippen MR) is 217 cm³/mol. The van der Waals surface area contributed by atoms with Gasteiger partial charge in [-0.15, -0.1) is 0 Å². The number of benzene rings is 1. The van der Waals surface area contributed by atoms with Crippen LogP contribution in [-0.2, 0) is 48.3 Å². The molecule has 5 aromatic rings. The number of amides is 3. The fourth-order valence-corrected chi connectivity index (χ4v) is 10.1. The number of carbonyl (C=O) groups excluding carboxylic acids is 3. The number of likely N-dealkylation sites (tertiary alicyclic amines) is 1. The normalized spacial score (nSPS) is 18.8. The van der Waals surface area contributed by atoms with Gasteiger partial charge in [0.25, 0.3) is 11.8 Å². The van der Waals surface area contributed by atoms with Crippen LogP contribution in [0.25, 0.3) is 33.8 Å². The summed E-state index contributed by atoms with van der Waals surface area (Å²) in [7, 11) is 2.06. The fraction of sp³-hybridized carbons (Fsp3) is 0.386. The van der Waals surface area contributed by atoms with Crippen molar-refractivity contribution < 1.29 is 23.5 Å². The Bertz CT molecular complexity index is 2600. The second-order valence-electron chi connectivity index (χ2n) is 17.6. The molecule has 8 heterocycles. The first-order valence-electron chi connectivity index (χ1n) is 19.9. The largest absolute Gasteiger partial charge is 0.444 e. The standard InChI is InChI=1S/C23H21FN4O.C21H23ClN4O3/c1-28-20-15(19-21(28)23(10-25-11-23)12-27-22(19)29)7-6-13-9-26-18(8-16(13)20)14-4-2-3-5-17(14)24;1-20(2,3)29-19(28)26-9-21(10-26)8-24-18(27)15-12-5-4-11-7-23-14(22)6-13(11)16(12)25-17(15)21/h2-5,8-9,25H,6-7,10-12H2,1H3,(H,27,29);6-7,25H,4-5,8-10H2,1-3H3,(H,24,27). The second kappa shape index (κ2) is 13.0. The topological polar surface area (TPSA) is 146 Å². The van der Waals surface area contributed by atoms with E-state index in [9.17, 15) is 18.8 Å². The van der Waals surface area contributed by atoms with E-state index in [1.165, 1.54) is 6.07 Å². The third-order valence-electron chi connectivity index (χ3n) is 12.7. The number of H-pyrrole nitrogens is 1. The maximum absolute atomic E-state index is 14.4. The summed E-state index contributed by atoms with van der Waals surface area (Å²) in [6.07, 6.45) is 6.61. The first-order valence-corrected chi connectivity index (χ1v) is 20.2. The lowest BCUT2D eigenvalue weighted by atomic mass is 9.72. The Morgan fingerprint density at radius 3 is 2.22 bits per heavy atom. The van der Waals surface area contributed by atoms with Gasteiger partial charge in [0.15, 0.2) is 0 Å². The van der Waals surface area contributed by atoms with E-state index in [1.54, 1.807) is 17.0 Å². The second-order valence-corrected chi connectivity index (χ2v) is 18.0. The van der Waals surface area contributed by atoms with Crippen LogP contribution in [-0.4, -0.2) is 87.2 Å². The van der Waals surface area contributed by atoms with Gasteiger partial charge in [0.2, 0.25) is 0 Å². The van der Waals surface area contributed by atoms with Crippen molar-refractivity contribution in [3.8, 4) is 33.8 Å². The molecular formula is C44H44ClFN8O4. The molecule has 3 amide bonds. The van der Waals surface area contributed by atoms with Crippen LogP contribution in [0.2, 0.25) is 5.15 Å². The molecule has 0 unspecified atom stereocenters. The highest BCUT2D eigenvalue weighted by Crippen LogP contribution is 2.47. The van der Waals surface area contributed by atoms with Crippen molar-refractivity contribution in [2.24, 2.45) is 7.05 Å². The molecule has 0 atom stereocenters. The molecule has 2 spiro atoms. The predicted octanol–water partition coefficient (Wildman–Crippen LogP) is 5.64.